The first-order valence-corrected chi connectivity index (χ1v) is 7.40. The van der Waals surface area contributed by atoms with Gasteiger partial charge in [-0.15, -0.1) is 0 Å². The number of nitrogens with two attached hydrogens (primary N) is 1. The number of amides is 1. The fourth-order valence-electron chi connectivity index (χ4n) is 3.05. The van der Waals surface area contributed by atoms with Gasteiger partial charge in [0, 0.05) is 38.1 Å². The van der Waals surface area contributed by atoms with Crippen molar-refractivity contribution < 1.29 is 4.79 Å². The summed E-state index contributed by atoms with van der Waals surface area (Å²) in [5.74, 6) is 1.35. The highest BCUT2D eigenvalue weighted by Crippen LogP contribution is 2.39. The van der Waals surface area contributed by atoms with E-state index in [0.717, 1.165) is 52.0 Å². The third-order valence-corrected chi connectivity index (χ3v) is 4.54. The zero-order valence-corrected chi connectivity index (χ0v) is 11.8. The van der Waals surface area contributed by atoms with Gasteiger partial charge in [-0.1, -0.05) is 13.8 Å². The SMILES string of the molecule is CCC(CCN)N1CCN(C(=O)C2CC2C)CC1. The van der Waals surface area contributed by atoms with Crippen LogP contribution >= 0.6 is 0 Å². The molecule has 0 spiro atoms. The van der Waals surface area contributed by atoms with Crippen molar-refractivity contribution in [2.24, 2.45) is 17.6 Å². The maximum absolute atomic E-state index is 12.1. The molecule has 1 saturated carbocycles. The predicted molar refractivity (Wildman–Crippen MR) is 73.2 cm³/mol. The van der Waals surface area contributed by atoms with E-state index in [9.17, 15) is 4.79 Å². The van der Waals surface area contributed by atoms with Crippen LogP contribution in [-0.2, 0) is 4.79 Å². The zero-order valence-electron chi connectivity index (χ0n) is 11.8. The van der Waals surface area contributed by atoms with Crippen LogP contribution in [-0.4, -0.2) is 54.5 Å². The number of rotatable bonds is 5. The van der Waals surface area contributed by atoms with Gasteiger partial charge in [-0.3, -0.25) is 9.69 Å². The summed E-state index contributed by atoms with van der Waals surface area (Å²) in [6.07, 6.45) is 3.33. The molecule has 0 aromatic rings. The molecule has 3 atom stereocenters. The molecule has 4 nitrogen and oxygen atoms in total. The number of hydrogen-bond acceptors (Lipinski definition) is 3. The Kier molecular flexibility index (Phi) is 4.62. The Morgan fingerprint density at radius 2 is 1.94 bits per heavy atom. The Morgan fingerprint density at radius 1 is 1.33 bits per heavy atom. The summed E-state index contributed by atoms with van der Waals surface area (Å²) >= 11 is 0. The maximum Gasteiger partial charge on any atom is 0.226 e. The number of carbonyl (C=O) groups excluding carboxylic acids is 1. The lowest BCUT2D eigenvalue weighted by molar-refractivity contribution is -0.135. The van der Waals surface area contributed by atoms with Crippen molar-refractivity contribution in [3.63, 3.8) is 0 Å². The lowest BCUT2D eigenvalue weighted by Crippen LogP contribution is -2.52. The maximum atomic E-state index is 12.1. The highest BCUT2D eigenvalue weighted by atomic mass is 16.2. The van der Waals surface area contributed by atoms with Crippen LogP contribution in [0.4, 0.5) is 0 Å². The highest BCUT2D eigenvalue weighted by Gasteiger charge is 2.42. The molecule has 4 heteroatoms. The van der Waals surface area contributed by atoms with Crippen molar-refractivity contribution in [3.8, 4) is 0 Å². The summed E-state index contributed by atoms with van der Waals surface area (Å²) < 4.78 is 0. The molecular formula is C14H27N3O. The van der Waals surface area contributed by atoms with Crippen LogP contribution in [0.15, 0.2) is 0 Å². The monoisotopic (exact) mass is 253 g/mol. The van der Waals surface area contributed by atoms with Gasteiger partial charge in [0.2, 0.25) is 5.91 Å². The molecule has 1 amide bonds. The van der Waals surface area contributed by atoms with E-state index in [4.69, 9.17) is 5.73 Å². The molecule has 2 fully saturated rings. The standard InChI is InChI=1S/C14H27N3O/c1-3-12(4-5-15)16-6-8-17(9-7-16)14(18)13-10-11(13)2/h11-13H,3-10,15H2,1-2H3. The lowest BCUT2D eigenvalue weighted by Gasteiger charge is -2.39. The summed E-state index contributed by atoms with van der Waals surface area (Å²) in [6.45, 7) is 9.01. The smallest absolute Gasteiger partial charge is 0.226 e. The highest BCUT2D eigenvalue weighted by molar-refractivity contribution is 5.81. The Bertz CT molecular complexity index is 287. The Balaban J connectivity index is 1.78. The minimum Gasteiger partial charge on any atom is -0.340 e. The summed E-state index contributed by atoms with van der Waals surface area (Å²) in [6, 6.07) is 0.604. The van der Waals surface area contributed by atoms with Crippen molar-refractivity contribution in [2.75, 3.05) is 32.7 Å². The van der Waals surface area contributed by atoms with E-state index in [1.54, 1.807) is 0 Å². The molecule has 1 saturated heterocycles. The molecule has 1 heterocycles. The third-order valence-electron chi connectivity index (χ3n) is 4.54. The van der Waals surface area contributed by atoms with Gasteiger partial charge in [0.15, 0.2) is 0 Å². The van der Waals surface area contributed by atoms with E-state index in [-0.39, 0.29) is 0 Å². The number of hydrogen-bond donors (Lipinski definition) is 1. The van der Waals surface area contributed by atoms with Crippen molar-refractivity contribution >= 4 is 5.91 Å². The number of nitrogens with zero attached hydrogens (tertiary/aromatic N) is 2. The molecular weight excluding hydrogens is 226 g/mol. The second kappa shape index (κ2) is 6.02. The third kappa shape index (κ3) is 3.04. The molecule has 0 radical (unpaired) electrons. The first kappa shape index (κ1) is 13.8. The topological polar surface area (TPSA) is 49.6 Å². The van der Waals surface area contributed by atoms with E-state index >= 15 is 0 Å². The van der Waals surface area contributed by atoms with Crippen LogP contribution in [0.2, 0.25) is 0 Å². The Hall–Kier alpha value is -0.610. The fraction of sp³-hybridized carbons (Fsp3) is 0.929. The molecule has 0 aromatic carbocycles. The number of carbonyl (C=O) groups is 1. The van der Waals surface area contributed by atoms with E-state index in [1.807, 2.05) is 0 Å². The molecule has 1 aliphatic carbocycles. The van der Waals surface area contributed by atoms with E-state index in [1.165, 1.54) is 0 Å². The van der Waals surface area contributed by atoms with E-state index < -0.39 is 0 Å². The fourth-order valence-corrected chi connectivity index (χ4v) is 3.05. The quantitative estimate of drug-likeness (QED) is 0.792. The van der Waals surface area contributed by atoms with Crippen molar-refractivity contribution in [1.29, 1.82) is 0 Å². The summed E-state index contributed by atoms with van der Waals surface area (Å²) in [5, 5.41) is 0. The van der Waals surface area contributed by atoms with Crippen LogP contribution < -0.4 is 5.73 Å². The van der Waals surface area contributed by atoms with Gasteiger partial charge < -0.3 is 10.6 Å². The van der Waals surface area contributed by atoms with Crippen LogP contribution in [0.25, 0.3) is 0 Å². The van der Waals surface area contributed by atoms with Gasteiger partial charge >= 0.3 is 0 Å². The minimum atomic E-state index is 0.336. The van der Waals surface area contributed by atoms with Crippen LogP contribution in [0.1, 0.15) is 33.1 Å². The molecule has 2 aliphatic rings. The molecule has 1 aliphatic heterocycles. The second-order valence-corrected chi connectivity index (χ2v) is 5.82. The Labute approximate surface area is 110 Å². The second-order valence-electron chi connectivity index (χ2n) is 5.82. The zero-order chi connectivity index (χ0) is 13.1. The average Bonchev–Trinajstić information content (AvgIpc) is 3.12. The van der Waals surface area contributed by atoms with Crippen LogP contribution in [0, 0.1) is 11.8 Å². The largest absolute Gasteiger partial charge is 0.340 e. The van der Waals surface area contributed by atoms with Crippen molar-refractivity contribution in [1.82, 2.24) is 9.80 Å². The Morgan fingerprint density at radius 3 is 2.39 bits per heavy atom. The van der Waals surface area contributed by atoms with Crippen molar-refractivity contribution in [3.05, 3.63) is 0 Å². The molecule has 104 valence electrons. The lowest BCUT2D eigenvalue weighted by atomic mass is 10.1. The van der Waals surface area contributed by atoms with Crippen LogP contribution in [0.3, 0.4) is 0 Å². The average molecular weight is 253 g/mol. The minimum absolute atomic E-state index is 0.336. The summed E-state index contributed by atoms with van der Waals surface area (Å²) in [5.41, 5.74) is 5.66. The summed E-state index contributed by atoms with van der Waals surface area (Å²) in [4.78, 5) is 16.7. The number of piperazine rings is 1. The molecule has 2 N–H and O–H groups in total. The van der Waals surface area contributed by atoms with Gasteiger partial charge in [-0.05, 0) is 31.7 Å². The molecule has 2 rings (SSSR count). The van der Waals surface area contributed by atoms with Crippen molar-refractivity contribution in [2.45, 2.75) is 39.2 Å². The van der Waals surface area contributed by atoms with Gasteiger partial charge in [-0.2, -0.15) is 0 Å². The summed E-state index contributed by atoms with van der Waals surface area (Å²) in [7, 11) is 0. The molecule has 18 heavy (non-hydrogen) atoms. The van der Waals surface area contributed by atoms with Gasteiger partial charge in [0.1, 0.15) is 0 Å². The van der Waals surface area contributed by atoms with Crippen LogP contribution in [0.5, 0.6) is 0 Å². The van der Waals surface area contributed by atoms with Gasteiger partial charge in [0.25, 0.3) is 0 Å². The molecule has 3 unspecified atom stereocenters. The normalized spacial score (nSPS) is 30.3. The van der Waals surface area contributed by atoms with E-state index in [0.29, 0.717) is 23.8 Å². The molecule has 0 bridgehead atoms. The predicted octanol–water partition coefficient (Wildman–Crippen LogP) is 0.914. The first-order valence-electron chi connectivity index (χ1n) is 7.40. The molecule has 0 aromatic heterocycles. The van der Waals surface area contributed by atoms with Gasteiger partial charge in [-0.25, -0.2) is 0 Å². The first-order chi connectivity index (χ1) is 8.67. The van der Waals surface area contributed by atoms with Gasteiger partial charge in [0.05, 0.1) is 0 Å². The van der Waals surface area contributed by atoms with E-state index in [2.05, 4.69) is 23.6 Å².